The van der Waals surface area contributed by atoms with Crippen LogP contribution in [0.25, 0.3) is 6.08 Å². The Hall–Kier alpha value is -2.06. The molecule has 0 saturated heterocycles. The van der Waals surface area contributed by atoms with Crippen LogP contribution in [0.15, 0.2) is 54.1 Å². The number of ether oxygens (including phenoxy) is 2. The van der Waals surface area contributed by atoms with E-state index in [0.29, 0.717) is 13.2 Å². The average molecular weight is 282 g/mol. The smallest absolute Gasteiger partial charge is 0.120 e. The Morgan fingerprint density at radius 2 is 1.76 bits per heavy atom. The molecule has 0 aliphatic carbocycles. The van der Waals surface area contributed by atoms with Gasteiger partial charge < -0.3 is 9.47 Å². The van der Waals surface area contributed by atoms with Crippen molar-refractivity contribution in [2.75, 3.05) is 7.11 Å². The molecule has 0 bridgehead atoms. The van der Waals surface area contributed by atoms with E-state index in [9.17, 15) is 0 Å². The van der Waals surface area contributed by atoms with Gasteiger partial charge in [-0.1, -0.05) is 48.0 Å². The van der Waals surface area contributed by atoms with Gasteiger partial charge in [-0.05, 0) is 42.7 Å². The minimum Gasteiger partial charge on any atom is -0.489 e. The molecular weight excluding hydrogens is 260 g/mol. The summed E-state index contributed by atoms with van der Waals surface area (Å²) in [6, 6.07) is 16.3. The topological polar surface area (TPSA) is 18.5 Å². The molecule has 0 N–H and O–H groups in total. The summed E-state index contributed by atoms with van der Waals surface area (Å²) < 4.78 is 11.1. The molecule has 2 rings (SSSR count). The zero-order chi connectivity index (χ0) is 15.1. The molecule has 2 nitrogen and oxygen atoms in total. The Labute approximate surface area is 127 Å². The van der Waals surface area contributed by atoms with Gasteiger partial charge >= 0.3 is 0 Å². The Balaban J connectivity index is 2.15. The molecule has 21 heavy (non-hydrogen) atoms. The second-order valence-corrected chi connectivity index (χ2v) is 5.29. The summed E-state index contributed by atoms with van der Waals surface area (Å²) in [6.07, 6.45) is 2.16. The highest BCUT2D eigenvalue weighted by atomic mass is 16.5. The van der Waals surface area contributed by atoms with E-state index in [2.05, 4.69) is 44.2 Å². The number of rotatable bonds is 6. The van der Waals surface area contributed by atoms with Crippen molar-refractivity contribution in [3.05, 3.63) is 70.8 Å². The molecule has 0 aromatic heterocycles. The van der Waals surface area contributed by atoms with Crippen molar-refractivity contribution in [1.29, 1.82) is 0 Å². The minimum absolute atomic E-state index is 0.582. The first kappa shape index (κ1) is 15.3. The molecule has 2 aromatic rings. The van der Waals surface area contributed by atoms with Crippen molar-refractivity contribution in [1.82, 2.24) is 0 Å². The second kappa shape index (κ2) is 7.65. The molecule has 0 amide bonds. The summed E-state index contributed by atoms with van der Waals surface area (Å²) in [4.78, 5) is 0. The van der Waals surface area contributed by atoms with Crippen molar-refractivity contribution >= 4 is 6.08 Å². The molecule has 0 fully saturated rings. The number of allylic oxidation sites excluding steroid dienone is 1. The number of benzene rings is 2. The zero-order valence-electron chi connectivity index (χ0n) is 12.9. The van der Waals surface area contributed by atoms with E-state index in [1.807, 2.05) is 24.3 Å². The summed E-state index contributed by atoms with van der Waals surface area (Å²) in [7, 11) is 1.71. The third-order valence-electron chi connectivity index (χ3n) is 3.11. The molecule has 0 spiro atoms. The molecule has 0 aliphatic heterocycles. The van der Waals surface area contributed by atoms with Crippen LogP contribution < -0.4 is 4.74 Å². The second-order valence-electron chi connectivity index (χ2n) is 5.29. The summed E-state index contributed by atoms with van der Waals surface area (Å²) in [6.45, 7) is 5.37. The quantitative estimate of drug-likeness (QED) is 0.755. The van der Waals surface area contributed by atoms with Crippen molar-refractivity contribution < 1.29 is 9.47 Å². The van der Waals surface area contributed by atoms with Gasteiger partial charge in [-0.2, -0.15) is 0 Å². The van der Waals surface area contributed by atoms with Gasteiger partial charge in [0.2, 0.25) is 0 Å². The molecule has 0 heterocycles. The van der Waals surface area contributed by atoms with Gasteiger partial charge in [-0.15, -0.1) is 0 Å². The first-order chi connectivity index (χ1) is 10.2. The molecule has 0 radical (unpaired) electrons. The van der Waals surface area contributed by atoms with Crippen molar-refractivity contribution in [3.63, 3.8) is 0 Å². The predicted octanol–water partition coefficient (Wildman–Crippen LogP) is 4.84. The lowest BCUT2D eigenvalue weighted by atomic mass is 10.1. The fraction of sp³-hybridized carbons (Fsp3) is 0.263. The third kappa shape index (κ3) is 4.76. The molecule has 2 heteroatoms. The fourth-order valence-corrected chi connectivity index (χ4v) is 2.14. The van der Waals surface area contributed by atoms with E-state index in [-0.39, 0.29) is 0 Å². The van der Waals surface area contributed by atoms with Gasteiger partial charge in [-0.3, -0.25) is 0 Å². The van der Waals surface area contributed by atoms with Crippen LogP contribution in [0.5, 0.6) is 5.75 Å². The van der Waals surface area contributed by atoms with Gasteiger partial charge in [0, 0.05) is 7.11 Å². The maximum Gasteiger partial charge on any atom is 0.120 e. The Morgan fingerprint density at radius 1 is 1.00 bits per heavy atom. The highest BCUT2D eigenvalue weighted by molar-refractivity contribution is 5.58. The van der Waals surface area contributed by atoms with E-state index in [1.54, 1.807) is 7.11 Å². The Kier molecular flexibility index (Phi) is 5.59. The Bertz CT molecular complexity index is 596. The Morgan fingerprint density at radius 3 is 2.43 bits per heavy atom. The molecule has 110 valence electrons. The standard InChI is InChI=1S/C19H22O2/c1-15(2)11-18-12-19(10-9-17(18)14-20-3)21-13-16-7-5-4-6-8-16/h4-12H,13-14H2,1-3H3. The van der Waals surface area contributed by atoms with Crippen LogP contribution >= 0.6 is 0 Å². The number of hydrogen-bond donors (Lipinski definition) is 0. The monoisotopic (exact) mass is 282 g/mol. The molecular formula is C19H22O2. The minimum atomic E-state index is 0.582. The van der Waals surface area contributed by atoms with Crippen LogP contribution in [-0.4, -0.2) is 7.11 Å². The van der Waals surface area contributed by atoms with E-state index in [4.69, 9.17) is 9.47 Å². The van der Waals surface area contributed by atoms with Crippen molar-refractivity contribution in [2.24, 2.45) is 0 Å². The summed E-state index contributed by atoms with van der Waals surface area (Å²) >= 11 is 0. The van der Waals surface area contributed by atoms with Gasteiger partial charge in [0.05, 0.1) is 6.61 Å². The largest absolute Gasteiger partial charge is 0.489 e. The van der Waals surface area contributed by atoms with Gasteiger partial charge in [0.15, 0.2) is 0 Å². The molecule has 0 atom stereocenters. The van der Waals surface area contributed by atoms with Gasteiger partial charge in [0.1, 0.15) is 12.4 Å². The zero-order valence-corrected chi connectivity index (χ0v) is 12.9. The molecule has 0 unspecified atom stereocenters. The lowest BCUT2D eigenvalue weighted by Gasteiger charge is -2.11. The predicted molar refractivity (Wildman–Crippen MR) is 87.3 cm³/mol. The molecule has 0 aliphatic rings. The van der Waals surface area contributed by atoms with E-state index in [1.165, 1.54) is 16.7 Å². The van der Waals surface area contributed by atoms with Gasteiger partial charge in [0.25, 0.3) is 0 Å². The first-order valence-corrected chi connectivity index (χ1v) is 7.12. The van der Waals surface area contributed by atoms with E-state index >= 15 is 0 Å². The van der Waals surface area contributed by atoms with Crippen LogP contribution in [0.1, 0.15) is 30.5 Å². The fourth-order valence-electron chi connectivity index (χ4n) is 2.14. The SMILES string of the molecule is COCc1ccc(OCc2ccccc2)cc1C=C(C)C. The van der Waals surface area contributed by atoms with Crippen LogP contribution in [0.4, 0.5) is 0 Å². The average Bonchev–Trinajstić information content (AvgIpc) is 2.48. The normalized spacial score (nSPS) is 10.2. The lowest BCUT2D eigenvalue weighted by Crippen LogP contribution is -1.97. The number of methoxy groups -OCH3 is 1. The summed E-state index contributed by atoms with van der Waals surface area (Å²) in [5, 5.41) is 0. The first-order valence-electron chi connectivity index (χ1n) is 7.12. The van der Waals surface area contributed by atoms with Crippen LogP contribution in [0.3, 0.4) is 0 Å². The van der Waals surface area contributed by atoms with E-state index in [0.717, 1.165) is 11.3 Å². The van der Waals surface area contributed by atoms with Crippen molar-refractivity contribution in [3.8, 4) is 5.75 Å². The third-order valence-corrected chi connectivity index (χ3v) is 3.11. The molecule has 0 saturated carbocycles. The maximum absolute atomic E-state index is 5.88. The van der Waals surface area contributed by atoms with Crippen molar-refractivity contribution in [2.45, 2.75) is 27.1 Å². The highest BCUT2D eigenvalue weighted by Gasteiger charge is 2.03. The van der Waals surface area contributed by atoms with Crippen LogP contribution in [0, 0.1) is 0 Å². The highest BCUT2D eigenvalue weighted by Crippen LogP contribution is 2.22. The lowest BCUT2D eigenvalue weighted by molar-refractivity contribution is 0.184. The summed E-state index contributed by atoms with van der Waals surface area (Å²) in [5.74, 6) is 0.881. The molecule has 2 aromatic carbocycles. The maximum atomic E-state index is 5.88. The van der Waals surface area contributed by atoms with Crippen LogP contribution in [0.2, 0.25) is 0 Å². The number of hydrogen-bond acceptors (Lipinski definition) is 2. The van der Waals surface area contributed by atoms with E-state index < -0.39 is 0 Å². The van der Waals surface area contributed by atoms with Gasteiger partial charge in [-0.25, -0.2) is 0 Å². The van der Waals surface area contributed by atoms with Crippen LogP contribution in [-0.2, 0) is 18.0 Å². The summed E-state index contributed by atoms with van der Waals surface area (Å²) in [5.41, 5.74) is 4.75.